The zero-order valence-electron chi connectivity index (χ0n) is 14.5. The third-order valence-electron chi connectivity index (χ3n) is 4.96. The molecule has 5 rings (SSSR count). The molecule has 1 N–H and O–H groups in total. The predicted molar refractivity (Wildman–Crippen MR) is 93.5 cm³/mol. The van der Waals surface area contributed by atoms with Gasteiger partial charge in [-0.15, -0.1) is 0 Å². The van der Waals surface area contributed by atoms with Crippen LogP contribution < -0.4 is 9.47 Å². The van der Waals surface area contributed by atoms with Crippen LogP contribution in [0.3, 0.4) is 0 Å². The van der Waals surface area contributed by atoms with Gasteiger partial charge in [0.25, 0.3) is 0 Å². The number of carbonyl (C=O) groups is 1. The molecule has 136 valence electrons. The van der Waals surface area contributed by atoms with E-state index >= 15 is 0 Å². The maximum Gasteiger partial charge on any atom is 0.311 e. The number of carboxylic acid groups (broad SMARTS) is 1. The number of aliphatic carboxylic acids is 1. The van der Waals surface area contributed by atoms with Gasteiger partial charge in [0, 0.05) is 30.0 Å². The van der Waals surface area contributed by atoms with E-state index in [1.165, 1.54) is 0 Å². The fourth-order valence-corrected chi connectivity index (χ4v) is 3.61. The number of aromatic nitrogens is 2. The van der Waals surface area contributed by atoms with Gasteiger partial charge in [0.15, 0.2) is 0 Å². The van der Waals surface area contributed by atoms with Gasteiger partial charge < -0.3 is 19.1 Å². The molecule has 2 heterocycles. The van der Waals surface area contributed by atoms with Gasteiger partial charge in [0.2, 0.25) is 11.7 Å². The molecule has 1 aliphatic heterocycles. The maximum atomic E-state index is 11.1. The van der Waals surface area contributed by atoms with Crippen molar-refractivity contribution in [3.63, 3.8) is 0 Å². The largest absolute Gasteiger partial charge is 0.489 e. The summed E-state index contributed by atoms with van der Waals surface area (Å²) >= 11 is 0. The van der Waals surface area contributed by atoms with Crippen molar-refractivity contribution in [2.45, 2.75) is 25.6 Å². The Labute approximate surface area is 154 Å². The minimum absolute atomic E-state index is 0.0263. The van der Waals surface area contributed by atoms with Gasteiger partial charge in [0.05, 0.1) is 0 Å². The highest BCUT2D eigenvalue weighted by Crippen LogP contribution is 2.58. The summed E-state index contributed by atoms with van der Waals surface area (Å²) in [6.45, 7) is 2.13. The van der Waals surface area contributed by atoms with E-state index in [2.05, 4.69) is 10.1 Å². The van der Waals surface area contributed by atoms with Crippen molar-refractivity contribution in [3.8, 4) is 22.9 Å². The first kappa shape index (κ1) is 15.9. The van der Waals surface area contributed by atoms with E-state index in [0.717, 1.165) is 22.4 Å². The Morgan fingerprint density at radius 2 is 2.15 bits per heavy atom. The van der Waals surface area contributed by atoms with Gasteiger partial charge in [-0.05, 0) is 17.7 Å². The van der Waals surface area contributed by atoms with Crippen LogP contribution in [0.1, 0.15) is 22.9 Å². The second-order valence-electron chi connectivity index (χ2n) is 6.80. The first-order valence-corrected chi connectivity index (χ1v) is 8.66. The lowest BCUT2D eigenvalue weighted by Crippen LogP contribution is -2.08. The molecule has 0 bridgehead atoms. The summed E-state index contributed by atoms with van der Waals surface area (Å²) < 4.78 is 16.6. The molecule has 1 fully saturated rings. The van der Waals surface area contributed by atoms with Crippen molar-refractivity contribution in [2.75, 3.05) is 0 Å². The summed E-state index contributed by atoms with van der Waals surface area (Å²) in [6, 6.07) is 13.3. The molecule has 7 nitrogen and oxygen atoms in total. The lowest BCUT2D eigenvalue weighted by molar-refractivity contribution is -0.139. The Balaban J connectivity index is 1.28. The molecule has 1 saturated carbocycles. The molecule has 2 aromatic carbocycles. The highest BCUT2D eigenvalue weighted by atomic mass is 16.5. The SMILES string of the molecule is Cc1nc(-c2cccc(COc3ccc4c(c3)O[C@H]3[C@H](C(=O)O)[C@@H]43)c2)no1. The topological polar surface area (TPSA) is 94.7 Å². The molecule has 3 aromatic rings. The smallest absolute Gasteiger partial charge is 0.311 e. The van der Waals surface area contributed by atoms with Gasteiger partial charge in [-0.1, -0.05) is 29.4 Å². The highest BCUT2D eigenvalue weighted by molar-refractivity contribution is 5.79. The summed E-state index contributed by atoms with van der Waals surface area (Å²) in [5.41, 5.74) is 2.80. The summed E-state index contributed by atoms with van der Waals surface area (Å²) in [5.74, 6) is 1.23. The zero-order valence-corrected chi connectivity index (χ0v) is 14.5. The molecule has 27 heavy (non-hydrogen) atoms. The van der Waals surface area contributed by atoms with E-state index in [-0.39, 0.29) is 12.0 Å². The summed E-state index contributed by atoms with van der Waals surface area (Å²) in [5, 5.41) is 13.1. The molecule has 0 saturated heterocycles. The van der Waals surface area contributed by atoms with E-state index < -0.39 is 11.9 Å². The molecule has 0 radical (unpaired) electrons. The number of carboxylic acids is 1. The van der Waals surface area contributed by atoms with Crippen molar-refractivity contribution in [3.05, 3.63) is 59.5 Å². The van der Waals surface area contributed by atoms with Gasteiger partial charge in [-0.25, -0.2) is 0 Å². The molecule has 1 aromatic heterocycles. The summed E-state index contributed by atoms with van der Waals surface area (Å²) in [7, 11) is 0. The molecular formula is C20H16N2O5. The molecule has 7 heteroatoms. The van der Waals surface area contributed by atoms with Crippen LogP contribution in [-0.4, -0.2) is 27.3 Å². The lowest BCUT2D eigenvalue weighted by atomic mass is 10.1. The van der Waals surface area contributed by atoms with Gasteiger partial charge in [0.1, 0.15) is 30.1 Å². The predicted octanol–water partition coefficient (Wildman–Crippen LogP) is 3.18. The minimum atomic E-state index is -0.798. The monoisotopic (exact) mass is 364 g/mol. The lowest BCUT2D eigenvalue weighted by Gasteiger charge is -2.10. The van der Waals surface area contributed by atoms with Crippen LogP contribution in [-0.2, 0) is 11.4 Å². The van der Waals surface area contributed by atoms with Crippen molar-refractivity contribution >= 4 is 5.97 Å². The molecule has 3 atom stereocenters. The number of ether oxygens (including phenoxy) is 2. The number of hydrogen-bond donors (Lipinski definition) is 1. The molecule has 0 unspecified atom stereocenters. The Hall–Kier alpha value is -3.35. The van der Waals surface area contributed by atoms with E-state index in [4.69, 9.17) is 19.1 Å². The Morgan fingerprint density at radius 1 is 1.26 bits per heavy atom. The summed E-state index contributed by atoms with van der Waals surface area (Å²) in [4.78, 5) is 15.4. The van der Waals surface area contributed by atoms with Crippen LogP contribution in [0.2, 0.25) is 0 Å². The Bertz CT molecular complexity index is 1040. The Kier molecular flexibility index (Phi) is 3.43. The average molecular weight is 364 g/mol. The minimum Gasteiger partial charge on any atom is -0.489 e. The maximum absolute atomic E-state index is 11.1. The standard InChI is InChI=1S/C20H16N2O5/c1-10-21-19(22-27-10)12-4-2-3-11(7-12)9-25-13-5-6-14-15(8-13)26-18-16(14)17(18)20(23)24/h2-8,16-18H,9H2,1H3,(H,23,24)/t16-,17-,18-/m1/s1. The Morgan fingerprint density at radius 3 is 2.93 bits per heavy atom. The van der Waals surface area contributed by atoms with Crippen LogP contribution in [0.15, 0.2) is 47.0 Å². The van der Waals surface area contributed by atoms with E-state index in [1.807, 2.05) is 42.5 Å². The number of fused-ring (bicyclic) bond motifs is 3. The summed E-state index contributed by atoms with van der Waals surface area (Å²) in [6.07, 6.45) is -0.233. The number of aryl methyl sites for hydroxylation is 1. The molecule has 0 amide bonds. The quantitative estimate of drug-likeness (QED) is 0.743. The number of rotatable bonds is 5. The molecule has 1 aliphatic carbocycles. The van der Waals surface area contributed by atoms with Crippen LogP contribution in [0.4, 0.5) is 0 Å². The van der Waals surface area contributed by atoms with Crippen molar-refractivity contribution in [1.29, 1.82) is 0 Å². The van der Waals surface area contributed by atoms with E-state index in [9.17, 15) is 4.79 Å². The second-order valence-corrected chi connectivity index (χ2v) is 6.80. The van der Waals surface area contributed by atoms with Gasteiger partial charge >= 0.3 is 5.97 Å². The zero-order chi connectivity index (χ0) is 18.5. The van der Waals surface area contributed by atoms with E-state index in [0.29, 0.717) is 24.1 Å². The number of hydrogen-bond acceptors (Lipinski definition) is 6. The highest BCUT2D eigenvalue weighted by Gasteiger charge is 2.63. The number of benzene rings is 2. The first-order valence-electron chi connectivity index (χ1n) is 8.66. The van der Waals surface area contributed by atoms with Crippen LogP contribution in [0.25, 0.3) is 11.4 Å². The van der Waals surface area contributed by atoms with Gasteiger partial charge in [-0.3, -0.25) is 4.79 Å². The fraction of sp³-hybridized carbons (Fsp3) is 0.250. The molecule has 0 spiro atoms. The third-order valence-corrected chi connectivity index (χ3v) is 4.96. The molecular weight excluding hydrogens is 348 g/mol. The molecule has 2 aliphatic rings. The average Bonchev–Trinajstić information content (AvgIpc) is 3.01. The van der Waals surface area contributed by atoms with Crippen molar-refractivity contribution in [2.24, 2.45) is 5.92 Å². The van der Waals surface area contributed by atoms with Crippen LogP contribution in [0.5, 0.6) is 11.5 Å². The van der Waals surface area contributed by atoms with E-state index in [1.54, 1.807) is 6.92 Å². The first-order chi connectivity index (χ1) is 13.1. The third kappa shape index (κ3) is 2.71. The van der Waals surface area contributed by atoms with Crippen LogP contribution >= 0.6 is 0 Å². The van der Waals surface area contributed by atoms with Crippen LogP contribution in [0, 0.1) is 12.8 Å². The fourth-order valence-electron chi connectivity index (χ4n) is 3.61. The van der Waals surface area contributed by atoms with Crippen molar-refractivity contribution in [1.82, 2.24) is 10.1 Å². The van der Waals surface area contributed by atoms with Crippen molar-refractivity contribution < 1.29 is 23.9 Å². The van der Waals surface area contributed by atoms with Gasteiger partial charge in [-0.2, -0.15) is 4.98 Å². The number of nitrogens with zero attached hydrogens (tertiary/aromatic N) is 2. The normalized spacial score (nSPS) is 21.9. The second kappa shape index (κ2) is 5.84.